The van der Waals surface area contributed by atoms with Crippen LogP contribution in [0.2, 0.25) is 0 Å². The van der Waals surface area contributed by atoms with Gasteiger partial charge in [-0.15, -0.1) is 0 Å². The number of hydrogen-bond acceptors (Lipinski definition) is 3. The van der Waals surface area contributed by atoms with E-state index in [4.69, 9.17) is 5.73 Å². The topological polar surface area (TPSA) is 49.6 Å². The van der Waals surface area contributed by atoms with Crippen LogP contribution in [0.1, 0.15) is 23.2 Å². The minimum Gasteiger partial charge on any atom is -0.399 e. The first-order valence-corrected chi connectivity index (χ1v) is 6.39. The van der Waals surface area contributed by atoms with Crippen molar-refractivity contribution in [3.63, 3.8) is 0 Å². The summed E-state index contributed by atoms with van der Waals surface area (Å²) < 4.78 is 0. The summed E-state index contributed by atoms with van der Waals surface area (Å²) in [5.41, 5.74) is 7.03. The second-order valence-corrected chi connectivity index (χ2v) is 5.10. The Morgan fingerprint density at radius 2 is 2.06 bits per heavy atom. The van der Waals surface area contributed by atoms with E-state index in [9.17, 15) is 4.79 Å². The molecule has 1 amide bonds. The van der Waals surface area contributed by atoms with E-state index < -0.39 is 0 Å². The van der Waals surface area contributed by atoms with Crippen LogP contribution in [0, 0.1) is 0 Å². The SMILES string of the molecule is CN1CCC[C@@H](N(C)C(=O)c2ccc(N)cc2)C1. The molecule has 0 radical (unpaired) electrons. The molecule has 1 heterocycles. The molecule has 2 rings (SSSR count). The number of nitrogens with two attached hydrogens (primary N) is 1. The van der Waals surface area contributed by atoms with Gasteiger partial charge in [-0.3, -0.25) is 4.79 Å². The predicted molar refractivity (Wildman–Crippen MR) is 73.5 cm³/mol. The van der Waals surface area contributed by atoms with Gasteiger partial charge in [-0.2, -0.15) is 0 Å². The predicted octanol–water partition coefficient (Wildman–Crippen LogP) is 1.43. The average molecular weight is 247 g/mol. The van der Waals surface area contributed by atoms with Crippen LogP contribution in [-0.2, 0) is 0 Å². The standard InChI is InChI=1S/C14H21N3O/c1-16-9-3-4-13(10-16)17(2)14(18)11-5-7-12(15)8-6-11/h5-8,13H,3-4,9-10,15H2,1-2H3/t13-/m1/s1. The number of hydrogen-bond donors (Lipinski definition) is 1. The molecule has 0 saturated carbocycles. The highest BCUT2D eigenvalue weighted by molar-refractivity contribution is 5.94. The van der Waals surface area contributed by atoms with Crippen molar-refractivity contribution >= 4 is 11.6 Å². The number of rotatable bonds is 2. The molecule has 0 aromatic heterocycles. The summed E-state index contributed by atoms with van der Waals surface area (Å²) >= 11 is 0. The Balaban J connectivity index is 2.06. The Morgan fingerprint density at radius 3 is 2.67 bits per heavy atom. The second kappa shape index (κ2) is 5.40. The first kappa shape index (κ1) is 12.9. The fourth-order valence-corrected chi connectivity index (χ4v) is 2.45. The second-order valence-electron chi connectivity index (χ2n) is 5.10. The number of likely N-dealkylation sites (N-methyl/N-ethyl adjacent to an activating group) is 2. The van der Waals surface area contributed by atoms with E-state index in [0.717, 1.165) is 25.9 Å². The molecular weight excluding hydrogens is 226 g/mol. The van der Waals surface area contributed by atoms with Crippen molar-refractivity contribution < 1.29 is 4.79 Å². The van der Waals surface area contributed by atoms with Crippen molar-refractivity contribution in [1.82, 2.24) is 9.80 Å². The van der Waals surface area contributed by atoms with Gasteiger partial charge in [-0.25, -0.2) is 0 Å². The highest BCUT2D eigenvalue weighted by atomic mass is 16.2. The largest absolute Gasteiger partial charge is 0.399 e. The van der Waals surface area contributed by atoms with Crippen molar-refractivity contribution in [2.24, 2.45) is 0 Å². The third kappa shape index (κ3) is 2.82. The molecule has 1 fully saturated rings. The van der Waals surface area contributed by atoms with Crippen LogP contribution in [0.15, 0.2) is 24.3 Å². The Morgan fingerprint density at radius 1 is 1.39 bits per heavy atom. The van der Waals surface area contributed by atoms with Crippen molar-refractivity contribution in [2.75, 3.05) is 32.9 Å². The molecule has 0 unspecified atom stereocenters. The fourth-order valence-electron chi connectivity index (χ4n) is 2.45. The lowest BCUT2D eigenvalue weighted by Crippen LogP contribution is -2.47. The molecule has 4 heteroatoms. The Kier molecular flexibility index (Phi) is 3.87. The highest BCUT2D eigenvalue weighted by Gasteiger charge is 2.24. The minimum atomic E-state index is 0.0790. The Hall–Kier alpha value is -1.55. The van der Waals surface area contributed by atoms with Gasteiger partial charge in [0.2, 0.25) is 0 Å². The number of carbonyl (C=O) groups excluding carboxylic acids is 1. The third-order valence-electron chi connectivity index (χ3n) is 3.63. The maximum absolute atomic E-state index is 12.3. The summed E-state index contributed by atoms with van der Waals surface area (Å²) in [4.78, 5) is 16.5. The molecule has 98 valence electrons. The van der Waals surface area contributed by atoms with E-state index in [2.05, 4.69) is 11.9 Å². The summed E-state index contributed by atoms with van der Waals surface area (Å²) in [5, 5.41) is 0. The average Bonchev–Trinajstić information content (AvgIpc) is 2.38. The summed E-state index contributed by atoms with van der Waals surface area (Å²) in [6, 6.07) is 7.44. The number of likely N-dealkylation sites (tertiary alicyclic amines) is 1. The Bertz CT molecular complexity index is 416. The van der Waals surface area contributed by atoms with Crippen molar-refractivity contribution in [2.45, 2.75) is 18.9 Å². The summed E-state index contributed by atoms with van der Waals surface area (Å²) in [6.07, 6.45) is 2.24. The normalized spacial score (nSPS) is 20.7. The molecule has 4 nitrogen and oxygen atoms in total. The van der Waals surface area contributed by atoms with E-state index in [-0.39, 0.29) is 5.91 Å². The lowest BCUT2D eigenvalue weighted by Gasteiger charge is -2.35. The molecule has 1 aromatic carbocycles. The van der Waals surface area contributed by atoms with E-state index in [1.54, 1.807) is 24.3 Å². The van der Waals surface area contributed by atoms with Gasteiger partial charge in [-0.05, 0) is 50.7 Å². The summed E-state index contributed by atoms with van der Waals surface area (Å²) in [7, 11) is 4.00. The Labute approximate surface area is 108 Å². The molecule has 1 aliphatic rings. The number of nitrogens with zero attached hydrogens (tertiary/aromatic N) is 2. The van der Waals surface area contributed by atoms with Gasteiger partial charge in [0.05, 0.1) is 0 Å². The van der Waals surface area contributed by atoms with Crippen molar-refractivity contribution in [3.05, 3.63) is 29.8 Å². The third-order valence-corrected chi connectivity index (χ3v) is 3.63. The van der Waals surface area contributed by atoms with E-state index in [1.165, 1.54) is 0 Å². The zero-order valence-electron chi connectivity index (χ0n) is 11.1. The smallest absolute Gasteiger partial charge is 0.253 e. The molecule has 0 bridgehead atoms. The van der Waals surface area contributed by atoms with Crippen LogP contribution in [0.5, 0.6) is 0 Å². The van der Waals surface area contributed by atoms with Crippen LogP contribution in [0.3, 0.4) is 0 Å². The van der Waals surface area contributed by atoms with E-state index in [1.807, 2.05) is 11.9 Å². The van der Waals surface area contributed by atoms with Crippen LogP contribution < -0.4 is 5.73 Å². The number of carbonyl (C=O) groups is 1. The zero-order chi connectivity index (χ0) is 13.1. The maximum atomic E-state index is 12.3. The van der Waals surface area contributed by atoms with Gasteiger partial charge >= 0.3 is 0 Å². The molecule has 1 aromatic rings. The molecule has 1 aliphatic heterocycles. The number of nitrogen functional groups attached to an aromatic ring is 1. The molecule has 2 N–H and O–H groups in total. The highest BCUT2D eigenvalue weighted by Crippen LogP contribution is 2.16. The molecule has 1 saturated heterocycles. The summed E-state index contributed by atoms with van der Waals surface area (Å²) in [5.74, 6) is 0.0790. The summed E-state index contributed by atoms with van der Waals surface area (Å²) in [6.45, 7) is 2.08. The van der Waals surface area contributed by atoms with Crippen LogP contribution >= 0.6 is 0 Å². The van der Waals surface area contributed by atoms with Crippen LogP contribution in [0.4, 0.5) is 5.69 Å². The first-order chi connectivity index (χ1) is 8.58. The van der Waals surface area contributed by atoms with Crippen molar-refractivity contribution in [3.8, 4) is 0 Å². The van der Waals surface area contributed by atoms with Gasteiger partial charge in [0.15, 0.2) is 0 Å². The fraction of sp³-hybridized carbons (Fsp3) is 0.500. The first-order valence-electron chi connectivity index (χ1n) is 6.39. The molecule has 0 aliphatic carbocycles. The molecule has 0 spiro atoms. The molecular formula is C14H21N3O. The van der Waals surface area contributed by atoms with E-state index >= 15 is 0 Å². The van der Waals surface area contributed by atoms with Gasteiger partial charge in [0.1, 0.15) is 0 Å². The number of benzene rings is 1. The van der Waals surface area contributed by atoms with Gasteiger partial charge in [-0.1, -0.05) is 0 Å². The number of anilines is 1. The van der Waals surface area contributed by atoms with Gasteiger partial charge in [0.25, 0.3) is 5.91 Å². The maximum Gasteiger partial charge on any atom is 0.253 e. The minimum absolute atomic E-state index is 0.0790. The van der Waals surface area contributed by atoms with E-state index in [0.29, 0.717) is 17.3 Å². The lowest BCUT2D eigenvalue weighted by molar-refractivity contribution is 0.0644. The molecule has 18 heavy (non-hydrogen) atoms. The van der Waals surface area contributed by atoms with Gasteiger partial charge in [0, 0.05) is 30.9 Å². The van der Waals surface area contributed by atoms with Gasteiger partial charge < -0.3 is 15.5 Å². The lowest BCUT2D eigenvalue weighted by atomic mass is 10.0. The quantitative estimate of drug-likeness (QED) is 0.804. The van der Waals surface area contributed by atoms with Crippen molar-refractivity contribution in [1.29, 1.82) is 0 Å². The van der Waals surface area contributed by atoms with Crippen LogP contribution in [0.25, 0.3) is 0 Å². The van der Waals surface area contributed by atoms with Crippen LogP contribution in [-0.4, -0.2) is 48.9 Å². The zero-order valence-corrected chi connectivity index (χ0v) is 11.1. The number of piperidine rings is 1. The molecule has 1 atom stereocenters. The monoisotopic (exact) mass is 247 g/mol. The number of amides is 1.